The van der Waals surface area contributed by atoms with Gasteiger partial charge in [0.15, 0.2) is 11.5 Å². The van der Waals surface area contributed by atoms with Gasteiger partial charge in [-0.2, -0.15) is 0 Å². The number of ether oxygens (including phenoxy) is 2. The number of hydrogen-bond donors (Lipinski definition) is 1. The minimum absolute atomic E-state index is 0.659. The summed E-state index contributed by atoms with van der Waals surface area (Å²) in [6, 6.07) is 1.81. The van der Waals surface area contributed by atoms with E-state index in [2.05, 4.69) is 38.0 Å². The summed E-state index contributed by atoms with van der Waals surface area (Å²) in [4.78, 5) is 4.38. The molecule has 20 heavy (non-hydrogen) atoms. The van der Waals surface area contributed by atoms with Crippen LogP contribution in [0.2, 0.25) is 0 Å². The van der Waals surface area contributed by atoms with Gasteiger partial charge in [-0.25, -0.2) is 0 Å². The predicted octanol–water partition coefficient (Wildman–Crippen LogP) is 3.12. The number of nitrogens with one attached hydrogen (secondary N) is 1. The number of pyridine rings is 1. The Balaban J connectivity index is 2.66. The van der Waals surface area contributed by atoms with Crippen LogP contribution in [0.1, 0.15) is 33.4 Å². The summed E-state index contributed by atoms with van der Waals surface area (Å²) >= 11 is 0. The lowest BCUT2D eigenvalue weighted by Crippen LogP contribution is -2.29. The van der Waals surface area contributed by atoms with Gasteiger partial charge in [0, 0.05) is 18.8 Å². The summed E-state index contributed by atoms with van der Waals surface area (Å²) in [5.41, 5.74) is 0.887. The Morgan fingerprint density at radius 3 is 2.25 bits per heavy atom. The molecular formula is C16H28N2O2. The lowest BCUT2D eigenvalue weighted by Gasteiger charge is -2.25. The Bertz CT molecular complexity index is 397. The van der Waals surface area contributed by atoms with Crippen molar-refractivity contribution in [1.82, 2.24) is 10.3 Å². The molecule has 0 aliphatic heterocycles. The first-order valence-corrected chi connectivity index (χ1v) is 7.27. The SMILES string of the molecule is COc1ccnc(CNCC(C(C)C)C(C)C)c1OC. The third-order valence-electron chi connectivity index (χ3n) is 3.75. The third kappa shape index (κ3) is 4.37. The number of rotatable bonds is 8. The number of aromatic nitrogens is 1. The highest BCUT2D eigenvalue weighted by Gasteiger charge is 2.17. The third-order valence-corrected chi connectivity index (χ3v) is 3.75. The zero-order valence-electron chi connectivity index (χ0n) is 13.6. The van der Waals surface area contributed by atoms with E-state index < -0.39 is 0 Å². The van der Waals surface area contributed by atoms with E-state index in [1.807, 2.05) is 6.07 Å². The van der Waals surface area contributed by atoms with Gasteiger partial charge in [0.1, 0.15) is 0 Å². The van der Waals surface area contributed by atoms with Gasteiger partial charge < -0.3 is 14.8 Å². The Hall–Kier alpha value is -1.29. The molecule has 0 unspecified atom stereocenters. The van der Waals surface area contributed by atoms with Crippen molar-refractivity contribution in [1.29, 1.82) is 0 Å². The quantitative estimate of drug-likeness (QED) is 0.794. The Labute approximate surface area is 122 Å². The van der Waals surface area contributed by atoms with E-state index in [1.165, 1.54) is 0 Å². The van der Waals surface area contributed by atoms with E-state index in [1.54, 1.807) is 20.4 Å². The van der Waals surface area contributed by atoms with Crippen molar-refractivity contribution in [2.45, 2.75) is 34.2 Å². The molecule has 0 radical (unpaired) electrons. The van der Waals surface area contributed by atoms with E-state index in [0.717, 1.165) is 18.0 Å². The first kappa shape index (κ1) is 16.8. The average Bonchev–Trinajstić information content (AvgIpc) is 2.42. The first-order valence-electron chi connectivity index (χ1n) is 7.27. The molecule has 4 heteroatoms. The fraction of sp³-hybridized carbons (Fsp3) is 0.688. The summed E-state index contributed by atoms with van der Waals surface area (Å²) in [6.07, 6.45) is 1.75. The first-order chi connectivity index (χ1) is 9.51. The lowest BCUT2D eigenvalue weighted by molar-refractivity contribution is 0.274. The van der Waals surface area contributed by atoms with Crippen LogP contribution in [0.5, 0.6) is 11.5 Å². The van der Waals surface area contributed by atoms with Gasteiger partial charge in [-0.1, -0.05) is 27.7 Å². The zero-order valence-corrected chi connectivity index (χ0v) is 13.6. The second-order valence-corrected chi connectivity index (χ2v) is 5.78. The molecule has 114 valence electrons. The van der Waals surface area contributed by atoms with Crippen LogP contribution in [0.15, 0.2) is 12.3 Å². The maximum Gasteiger partial charge on any atom is 0.183 e. The predicted molar refractivity (Wildman–Crippen MR) is 82.2 cm³/mol. The molecule has 0 spiro atoms. The summed E-state index contributed by atoms with van der Waals surface area (Å²) in [5, 5.41) is 3.49. The van der Waals surface area contributed by atoms with Gasteiger partial charge in [0.2, 0.25) is 0 Å². The van der Waals surface area contributed by atoms with Crippen LogP contribution < -0.4 is 14.8 Å². The van der Waals surface area contributed by atoms with E-state index in [0.29, 0.717) is 30.0 Å². The van der Waals surface area contributed by atoms with Crippen LogP contribution in [0.25, 0.3) is 0 Å². The molecule has 0 bridgehead atoms. The number of nitrogens with zero attached hydrogens (tertiary/aromatic N) is 1. The lowest BCUT2D eigenvalue weighted by atomic mass is 9.85. The van der Waals surface area contributed by atoms with Gasteiger partial charge in [0.25, 0.3) is 0 Å². The monoisotopic (exact) mass is 280 g/mol. The molecule has 1 heterocycles. The Kier molecular flexibility index (Phi) is 6.79. The van der Waals surface area contributed by atoms with Gasteiger partial charge in [-0.05, 0) is 24.3 Å². The smallest absolute Gasteiger partial charge is 0.183 e. The molecule has 1 N–H and O–H groups in total. The van der Waals surface area contributed by atoms with Crippen LogP contribution in [-0.2, 0) is 6.54 Å². The van der Waals surface area contributed by atoms with E-state index in [9.17, 15) is 0 Å². The van der Waals surface area contributed by atoms with Crippen LogP contribution in [0, 0.1) is 17.8 Å². The normalized spacial score (nSPS) is 11.4. The second-order valence-electron chi connectivity index (χ2n) is 5.78. The van der Waals surface area contributed by atoms with Crippen LogP contribution in [-0.4, -0.2) is 25.7 Å². The maximum absolute atomic E-state index is 5.39. The minimum atomic E-state index is 0.659. The van der Waals surface area contributed by atoms with Crippen molar-refractivity contribution >= 4 is 0 Å². The van der Waals surface area contributed by atoms with Gasteiger partial charge in [0.05, 0.1) is 19.9 Å². The summed E-state index contributed by atoms with van der Waals surface area (Å²) in [6.45, 7) is 10.8. The topological polar surface area (TPSA) is 43.4 Å². The van der Waals surface area contributed by atoms with Crippen LogP contribution >= 0.6 is 0 Å². The standard InChI is InChI=1S/C16H28N2O2/c1-11(2)13(12(3)4)9-17-10-14-16(20-6)15(19-5)7-8-18-14/h7-8,11-13,17H,9-10H2,1-6H3. The molecular weight excluding hydrogens is 252 g/mol. The molecule has 0 fully saturated rings. The molecule has 0 aliphatic carbocycles. The van der Waals surface area contributed by atoms with Gasteiger partial charge in [-0.15, -0.1) is 0 Å². The molecule has 4 nitrogen and oxygen atoms in total. The van der Waals surface area contributed by atoms with Crippen LogP contribution in [0.4, 0.5) is 0 Å². The molecule has 1 aromatic rings. The van der Waals surface area contributed by atoms with Crippen molar-refractivity contribution in [2.24, 2.45) is 17.8 Å². The number of methoxy groups -OCH3 is 2. The van der Waals surface area contributed by atoms with E-state index in [-0.39, 0.29) is 0 Å². The molecule has 0 aliphatic rings. The highest BCUT2D eigenvalue weighted by atomic mass is 16.5. The molecule has 0 saturated carbocycles. The summed E-state index contributed by atoms with van der Waals surface area (Å²) < 4.78 is 10.7. The largest absolute Gasteiger partial charge is 0.493 e. The minimum Gasteiger partial charge on any atom is -0.493 e. The van der Waals surface area contributed by atoms with Crippen molar-refractivity contribution in [3.8, 4) is 11.5 Å². The van der Waals surface area contributed by atoms with Gasteiger partial charge >= 0.3 is 0 Å². The zero-order chi connectivity index (χ0) is 15.1. The summed E-state index contributed by atoms with van der Waals surface area (Å²) in [7, 11) is 3.29. The maximum atomic E-state index is 5.39. The van der Waals surface area contributed by atoms with Crippen molar-refractivity contribution in [3.05, 3.63) is 18.0 Å². The molecule has 0 amide bonds. The summed E-state index contributed by atoms with van der Waals surface area (Å²) in [5.74, 6) is 3.44. The fourth-order valence-electron chi connectivity index (χ4n) is 2.57. The van der Waals surface area contributed by atoms with E-state index >= 15 is 0 Å². The average molecular weight is 280 g/mol. The van der Waals surface area contributed by atoms with Gasteiger partial charge in [-0.3, -0.25) is 4.98 Å². The fourth-order valence-corrected chi connectivity index (χ4v) is 2.57. The Morgan fingerprint density at radius 2 is 1.75 bits per heavy atom. The number of hydrogen-bond acceptors (Lipinski definition) is 4. The van der Waals surface area contributed by atoms with Crippen molar-refractivity contribution in [2.75, 3.05) is 20.8 Å². The second kappa shape index (κ2) is 8.10. The Morgan fingerprint density at radius 1 is 1.10 bits per heavy atom. The molecule has 1 aromatic heterocycles. The molecule has 0 saturated heterocycles. The van der Waals surface area contributed by atoms with Crippen molar-refractivity contribution in [3.63, 3.8) is 0 Å². The molecule has 0 aromatic carbocycles. The highest BCUT2D eigenvalue weighted by molar-refractivity contribution is 5.42. The highest BCUT2D eigenvalue weighted by Crippen LogP contribution is 2.29. The van der Waals surface area contributed by atoms with Crippen molar-refractivity contribution < 1.29 is 9.47 Å². The molecule has 0 atom stereocenters. The van der Waals surface area contributed by atoms with Crippen LogP contribution in [0.3, 0.4) is 0 Å². The molecule has 1 rings (SSSR count). The van der Waals surface area contributed by atoms with E-state index in [4.69, 9.17) is 9.47 Å².